The number of aliphatic hydroxyl groups excluding tert-OH is 1. The van der Waals surface area contributed by atoms with Crippen LogP contribution in [0.1, 0.15) is 41.5 Å². The molecule has 3 N–H and O–H groups in total. The van der Waals surface area contributed by atoms with Gasteiger partial charge in [0.1, 0.15) is 11.6 Å². The number of anilines is 1. The van der Waals surface area contributed by atoms with Gasteiger partial charge in [0.05, 0.1) is 14.1 Å². The van der Waals surface area contributed by atoms with Crippen molar-refractivity contribution in [2.24, 2.45) is 5.92 Å². The zero-order valence-corrected chi connectivity index (χ0v) is 17.0. The van der Waals surface area contributed by atoms with E-state index in [-0.39, 0.29) is 23.7 Å². The van der Waals surface area contributed by atoms with Crippen LogP contribution in [0.15, 0.2) is 30.5 Å². The van der Waals surface area contributed by atoms with E-state index in [1.807, 2.05) is 18.2 Å². The Hall–Kier alpha value is -1.76. The maximum atomic E-state index is 14.6. The van der Waals surface area contributed by atoms with Crippen molar-refractivity contribution in [3.8, 4) is 0 Å². The van der Waals surface area contributed by atoms with Gasteiger partial charge in [0.15, 0.2) is 6.29 Å². The lowest BCUT2D eigenvalue weighted by Gasteiger charge is -2.22. The second-order valence-corrected chi connectivity index (χ2v) is 13.9. The summed E-state index contributed by atoms with van der Waals surface area (Å²) in [6.45, 7) is 6.90. The smallest absolute Gasteiger partial charge is 0.154 e. The quantitative estimate of drug-likeness (QED) is 0.545. The Morgan fingerprint density at radius 2 is 1.96 bits per heavy atom. The van der Waals surface area contributed by atoms with Crippen molar-refractivity contribution in [1.29, 1.82) is 0 Å². The zero-order chi connectivity index (χ0) is 19.3. The molecule has 1 saturated carbocycles. The Kier molecular flexibility index (Phi) is 4.61. The third kappa shape index (κ3) is 3.53. The molecular weight excluding hydrogens is 359 g/mol. The standard InChI is InChI=1S/C21H27FN2O2Si/c1-27(2,3)18-8-6-16(22)20-13(18)5-7-17(20)24-19-9-4-12(11-23-19)14-10-15(14)21(25)26/h4,6,8-9,11,14-15,17,21,25-26H,5,7,10H2,1-3H3,(H,23,24)/t14-,15+,17-/m1/s1. The monoisotopic (exact) mass is 386 g/mol. The molecule has 27 heavy (non-hydrogen) atoms. The highest BCUT2D eigenvalue weighted by Gasteiger charge is 2.43. The van der Waals surface area contributed by atoms with E-state index in [2.05, 4.69) is 29.9 Å². The molecule has 0 radical (unpaired) electrons. The normalized spacial score (nSPS) is 24.2. The highest BCUT2D eigenvalue weighted by atomic mass is 28.3. The molecule has 0 spiro atoms. The van der Waals surface area contributed by atoms with Gasteiger partial charge in [-0.25, -0.2) is 9.37 Å². The molecule has 144 valence electrons. The molecule has 2 aliphatic rings. The lowest BCUT2D eigenvalue weighted by atomic mass is 10.1. The molecule has 1 fully saturated rings. The fourth-order valence-corrected chi connectivity index (χ4v) is 6.13. The third-order valence-corrected chi connectivity index (χ3v) is 7.99. The van der Waals surface area contributed by atoms with E-state index in [9.17, 15) is 14.6 Å². The van der Waals surface area contributed by atoms with Crippen LogP contribution in [0.5, 0.6) is 0 Å². The van der Waals surface area contributed by atoms with Gasteiger partial charge in [0.25, 0.3) is 0 Å². The summed E-state index contributed by atoms with van der Waals surface area (Å²) in [4.78, 5) is 4.48. The van der Waals surface area contributed by atoms with E-state index in [0.717, 1.165) is 36.2 Å². The molecule has 6 heteroatoms. The summed E-state index contributed by atoms with van der Waals surface area (Å²) < 4.78 is 14.6. The molecule has 3 atom stereocenters. The molecule has 1 aromatic carbocycles. The van der Waals surface area contributed by atoms with Crippen LogP contribution in [-0.2, 0) is 6.42 Å². The minimum Gasteiger partial charge on any atom is -0.368 e. The van der Waals surface area contributed by atoms with Gasteiger partial charge in [-0.1, -0.05) is 37.0 Å². The minimum atomic E-state index is -1.51. The van der Waals surface area contributed by atoms with Crippen LogP contribution in [0.2, 0.25) is 19.6 Å². The van der Waals surface area contributed by atoms with Gasteiger partial charge in [-0.05, 0) is 48.4 Å². The van der Waals surface area contributed by atoms with Crippen LogP contribution >= 0.6 is 0 Å². The number of rotatable bonds is 5. The first-order valence-corrected chi connectivity index (χ1v) is 13.2. The van der Waals surface area contributed by atoms with Crippen molar-refractivity contribution >= 4 is 19.1 Å². The van der Waals surface area contributed by atoms with Gasteiger partial charge < -0.3 is 15.5 Å². The number of fused-ring (bicyclic) bond motifs is 1. The topological polar surface area (TPSA) is 65.4 Å². The van der Waals surface area contributed by atoms with Crippen LogP contribution in [0.4, 0.5) is 10.2 Å². The Labute approximate surface area is 160 Å². The number of pyridine rings is 1. The van der Waals surface area contributed by atoms with E-state index < -0.39 is 14.4 Å². The summed E-state index contributed by atoms with van der Waals surface area (Å²) in [5.74, 6) is 0.699. The molecule has 4 nitrogen and oxygen atoms in total. The maximum Gasteiger partial charge on any atom is 0.154 e. The predicted molar refractivity (Wildman–Crippen MR) is 107 cm³/mol. The van der Waals surface area contributed by atoms with Gasteiger partial charge >= 0.3 is 0 Å². The second-order valence-electron chi connectivity index (χ2n) is 8.87. The van der Waals surface area contributed by atoms with Crippen molar-refractivity contribution < 1.29 is 14.6 Å². The zero-order valence-electron chi connectivity index (χ0n) is 16.0. The maximum absolute atomic E-state index is 14.6. The number of halogens is 1. The summed E-state index contributed by atoms with van der Waals surface area (Å²) in [6, 6.07) is 7.44. The van der Waals surface area contributed by atoms with Crippen molar-refractivity contribution in [3.05, 3.63) is 53.0 Å². The summed E-state index contributed by atoms with van der Waals surface area (Å²) >= 11 is 0. The van der Waals surface area contributed by atoms with E-state index >= 15 is 0 Å². The molecule has 2 aromatic rings. The fraction of sp³-hybridized carbons (Fsp3) is 0.476. The van der Waals surface area contributed by atoms with Gasteiger partial charge in [-0.2, -0.15) is 0 Å². The largest absolute Gasteiger partial charge is 0.368 e. The van der Waals surface area contributed by atoms with Crippen molar-refractivity contribution in [1.82, 2.24) is 4.98 Å². The number of nitrogens with one attached hydrogen (secondary N) is 1. The van der Waals surface area contributed by atoms with Crippen molar-refractivity contribution in [2.45, 2.75) is 57.2 Å². The fourth-order valence-electron chi connectivity index (χ4n) is 4.38. The lowest BCUT2D eigenvalue weighted by Crippen LogP contribution is -2.40. The van der Waals surface area contributed by atoms with Crippen LogP contribution in [0.3, 0.4) is 0 Å². The lowest BCUT2D eigenvalue weighted by molar-refractivity contribution is -0.0577. The first-order chi connectivity index (χ1) is 12.8. The Morgan fingerprint density at radius 1 is 1.19 bits per heavy atom. The van der Waals surface area contributed by atoms with Crippen LogP contribution in [0, 0.1) is 11.7 Å². The molecule has 0 bridgehead atoms. The molecule has 0 unspecified atom stereocenters. The van der Waals surface area contributed by atoms with E-state index in [0.29, 0.717) is 0 Å². The number of aromatic nitrogens is 1. The Morgan fingerprint density at radius 3 is 2.56 bits per heavy atom. The average molecular weight is 387 g/mol. The van der Waals surface area contributed by atoms with E-state index in [1.54, 1.807) is 12.3 Å². The van der Waals surface area contributed by atoms with Crippen LogP contribution in [-0.4, -0.2) is 29.6 Å². The molecule has 4 rings (SSSR count). The van der Waals surface area contributed by atoms with E-state index in [4.69, 9.17) is 0 Å². The summed E-state index contributed by atoms with van der Waals surface area (Å²) in [5.41, 5.74) is 3.03. The second kappa shape index (κ2) is 6.69. The van der Waals surface area contributed by atoms with Crippen molar-refractivity contribution in [3.63, 3.8) is 0 Å². The minimum absolute atomic E-state index is 0.0532. The van der Waals surface area contributed by atoms with Crippen LogP contribution in [0.25, 0.3) is 0 Å². The highest BCUT2D eigenvalue weighted by Crippen LogP contribution is 2.49. The van der Waals surface area contributed by atoms with Gasteiger partial charge in [-0.15, -0.1) is 0 Å². The highest BCUT2D eigenvalue weighted by molar-refractivity contribution is 6.89. The van der Waals surface area contributed by atoms with Crippen molar-refractivity contribution in [2.75, 3.05) is 5.32 Å². The average Bonchev–Trinajstić information content (AvgIpc) is 3.30. The molecule has 1 aromatic heterocycles. The Bertz CT molecular complexity index is 848. The SMILES string of the molecule is C[Si](C)(C)c1ccc(F)c2c1CC[C@H]2Nc1ccc([C@H]2C[C@@H]2C(O)O)cn1. The Balaban J connectivity index is 1.53. The van der Waals surface area contributed by atoms with E-state index in [1.165, 1.54) is 10.8 Å². The summed E-state index contributed by atoms with van der Waals surface area (Å²) in [6.07, 6.45) is 3.10. The number of nitrogens with zero attached hydrogens (tertiary/aromatic N) is 1. The third-order valence-electron chi connectivity index (χ3n) is 5.90. The first kappa shape index (κ1) is 18.6. The predicted octanol–water partition coefficient (Wildman–Crippen LogP) is 3.28. The molecule has 0 amide bonds. The molecule has 2 aliphatic carbocycles. The number of aliphatic hydroxyl groups is 2. The molecular formula is C21H27FN2O2Si. The number of hydrogen-bond acceptors (Lipinski definition) is 4. The molecule has 1 heterocycles. The molecule has 0 saturated heterocycles. The summed E-state index contributed by atoms with van der Waals surface area (Å²) in [5, 5.41) is 23.3. The number of hydrogen-bond donors (Lipinski definition) is 3. The molecule has 0 aliphatic heterocycles. The van der Waals surface area contributed by atoms with Crippen LogP contribution < -0.4 is 10.5 Å². The number of benzene rings is 1. The first-order valence-electron chi connectivity index (χ1n) is 9.66. The van der Waals surface area contributed by atoms with Gasteiger partial charge in [0, 0.05) is 17.7 Å². The van der Waals surface area contributed by atoms with Gasteiger partial charge in [0.2, 0.25) is 0 Å². The summed E-state index contributed by atoms with van der Waals surface area (Å²) in [7, 11) is -1.51. The van der Waals surface area contributed by atoms with Gasteiger partial charge in [-0.3, -0.25) is 0 Å².